The zero-order valence-corrected chi connectivity index (χ0v) is 9.47. The van der Waals surface area contributed by atoms with Crippen LogP contribution in [0.2, 0.25) is 0 Å². The zero-order chi connectivity index (χ0) is 12.5. The van der Waals surface area contributed by atoms with Gasteiger partial charge in [0.1, 0.15) is 0 Å². The summed E-state index contributed by atoms with van der Waals surface area (Å²) in [5, 5.41) is 16.7. The number of hydrogen-bond acceptors (Lipinski definition) is 2. The number of fused-ring (bicyclic) bond motifs is 1. The minimum atomic E-state index is -0.863. The van der Waals surface area contributed by atoms with Crippen molar-refractivity contribution in [2.24, 2.45) is 0 Å². The van der Waals surface area contributed by atoms with Crippen molar-refractivity contribution < 1.29 is 9.90 Å². The second-order valence-electron chi connectivity index (χ2n) is 4.09. The van der Waals surface area contributed by atoms with Gasteiger partial charge in [-0.1, -0.05) is 18.2 Å². The number of nitrogens with one attached hydrogen (secondary N) is 2. The molecule has 0 atom stereocenters. The molecule has 0 saturated heterocycles. The molecule has 2 aromatic heterocycles. The molecule has 0 aliphatic rings. The van der Waals surface area contributed by atoms with Crippen LogP contribution in [0.4, 0.5) is 0 Å². The molecule has 0 spiro atoms. The van der Waals surface area contributed by atoms with Gasteiger partial charge in [0.15, 0.2) is 0 Å². The lowest BCUT2D eigenvalue weighted by molar-refractivity contribution is -0.136. The van der Waals surface area contributed by atoms with Crippen LogP contribution in [0, 0.1) is 0 Å². The van der Waals surface area contributed by atoms with E-state index in [1.165, 1.54) is 0 Å². The van der Waals surface area contributed by atoms with E-state index in [2.05, 4.69) is 15.2 Å². The third-order valence-electron chi connectivity index (χ3n) is 2.92. The van der Waals surface area contributed by atoms with Crippen molar-refractivity contribution in [1.82, 2.24) is 15.2 Å². The number of aromatic nitrogens is 3. The number of benzene rings is 1. The van der Waals surface area contributed by atoms with Crippen molar-refractivity contribution in [2.75, 3.05) is 0 Å². The van der Waals surface area contributed by atoms with E-state index in [4.69, 9.17) is 5.11 Å². The normalized spacial score (nSPS) is 10.9. The molecule has 3 rings (SSSR count). The SMILES string of the molecule is O=C(O)Cc1cn[nH]c1-c1c[nH]c2ccccc12. The predicted molar refractivity (Wildman–Crippen MR) is 67.2 cm³/mol. The van der Waals surface area contributed by atoms with Crippen LogP contribution >= 0.6 is 0 Å². The summed E-state index contributed by atoms with van der Waals surface area (Å²) in [5.74, 6) is -0.863. The molecule has 0 fully saturated rings. The highest BCUT2D eigenvalue weighted by Crippen LogP contribution is 2.29. The van der Waals surface area contributed by atoms with Gasteiger partial charge in [0.05, 0.1) is 18.3 Å². The van der Waals surface area contributed by atoms with Gasteiger partial charge in [-0.05, 0) is 6.07 Å². The highest BCUT2D eigenvalue weighted by Gasteiger charge is 2.14. The first kappa shape index (κ1) is 10.6. The molecule has 0 saturated carbocycles. The first-order valence-corrected chi connectivity index (χ1v) is 5.56. The maximum Gasteiger partial charge on any atom is 0.307 e. The van der Waals surface area contributed by atoms with Crippen LogP contribution in [-0.2, 0) is 11.2 Å². The molecule has 1 aromatic carbocycles. The summed E-state index contributed by atoms with van der Waals surface area (Å²) in [6.45, 7) is 0. The number of hydrogen-bond donors (Lipinski definition) is 3. The molecule has 3 N–H and O–H groups in total. The Hall–Kier alpha value is -2.56. The lowest BCUT2D eigenvalue weighted by atomic mass is 10.1. The first-order valence-electron chi connectivity index (χ1n) is 5.56. The van der Waals surface area contributed by atoms with Crippen LogP contribution in [0.3, 0.4) is 0 Å². The van der Waals surface area contributed by atoms with Crippen molar-refractivity contribution in [3.8, 4) is 11.3 Å². The van der Waals surface area contributed by atoms with Crippen molar-refractivity contribution in [1.29, 1.82) is 0 Å². The maximum absolute atomic E-state index is 10.8. The summed E-state index contributed by atoms with van der Waals surface area (Å²) in [6.07, 6.45) is 3.39. The summed E-state index contributed by atoms with van der Waals surface area (Å²) in [5.41, 5.74) is 3.41. The van der Waals surface area contributed by atoms with E-state index in [1.807, 2.05) is 30.5 Å². The fourth-order valence-electron chi connectivity index (χ4n) is 2.12. The topological polar surface area (TPSA) is 81.8 Å². The number of aliphatic carboxylic acids is 1. The average Bonchev–Trinajstić information content (AvgIpc) is 2.94. The summed E-state index contributed by atoms with van der Waals surface area (Å²) >= 11 is 0. The van der Waals surface area contributed by atoms with Gasteiger partial charge in [-0.3, -0.25) is 9.89 Å². The molecule has 0 amide bonds. The monoisotopic (exact) mass is 241 g/mol. The van der Waals surface area contributed by atoms with Gasteiger partial charge in [-0.25, -0.2) is 0 Å². The van der Waals surface area contributed by atoms with E-state index in [1.54, 1.807) is 6.20 Å². The quantitative estimate of drug-likeness (QED) is 0.657. The summed E-state index contributed by atoms with van der Waals surface area (Å²) < 4.78 is 0. The number of rotatable bonds is 3. The molecule has 0 bridgehead atoms. The summed E-state index contributed by atoms with van der Waals surface area (Å²) in [7, 11) is 0. The number of aromatic amines is 2. The van der Waals surface area contributed by atoms with Crippen molar-refractivity contribution in [3.05, 3.63) is 42.2 Å². The zero-order valence-electron chi connectivity index (χ0n) is 9.47. The Labute approximate surface area is 102 Å². The van der Waals surface area contributed by atoms with Gasteiger partial charge in [-0.2, -0.15) is 5.10 Å². The Kier molecular flexibility index (Phi) is 2.37. The molecule has 0 unspecified atom stereocenters. The molecular formula is C13H11N3O2. The molecule has 18 heavy (non-hydrogen) atoms. The molecule has 3 aromatic rings. The van der Waals surface area contributed by atoms with E-state index < -0.39 is 5.97 Å². The van der Waals surface area contributed by atoms with Crippen LogP contribution in [0.1, 0.15) is 5.56 Å². The molecule has 5 heteroatoms. The van der Waals surface area contributed by atoms with Gasteiger partial charge in [0.25, 0.3) is 0 Å². The number of carboxylic acid groups (broad SMARTS) is 1. The van der Waals surface area contributed by atoms with Crippen molar-refractivity contribution in [2.45, 2.75) is 6.42 Å². The maximum atomic E-state index is 10.8. The van der Waals surface area contributed by atoms with Crippen LogP contribution in [0.5, 0.6) is 0 Å². The summed E-state index contributed by atoms with van der Waals surface area (Å²) in [6, 6.07) is 7.87. The lowest BCUT2D eigenvalue weighted by Gasteiger charge is -1.99. The predicted octanol–water partition coefficient (Wildman–Crippen LogP) is 2.19. The van der Waals surface area contributed by atoms with Gasteiger partial charge in [0, 0.05) is 28.2 Å². The van der Waals surface area contributed by atoms with Crippen molar-refractivity contribution in [3.63, 3.8) is 0 Å². The third kappa shape index (κ3) is 1.66. The first-order chi connectivity index (χ1) is 8.75. The largest absolute Gasteiger partial charge is 0.481 e. The highest BCUT2D eigenvalue weighted by molar-refractivity contribution is 5.95. The molecule has 90 valence electrons. The second kappa shape index (κ2) is 4.03. The Morgan fingerprint density at radius 3 is 3.00 bits per heavy atom. The highest BCUT2D eigenvalue weighted by atomic mass is 16.4. The van der Waals surface area contributed by atoms with Crippen LogP contribution in [-0.4, -0.2) is 26.3 Å². The van der Waals surface area contributed by atoms with E-state index >= 15 is 0 Å². The van der Waals surface area contributed by atoms with Gasteiger partial charge >= 0.3 is 5.97 Å². The Morgan fingerprint density at radius 1 is 1.33 bits per heavy atom. The van der Waals surface area contributed by atoms with Crippen LogP contribution in [0.25, 0.3) is 22.2 Å². The van der Waals surface area contributed by atoms with E-state index in [-0.39, 0.29) is 6.42 Å². The Morgan fingerprint density at radius 2 is 2.17 bits per heavy atom. The van der Waals surface area contributed by atoms with E-state index in [0.717, 1.165) is 22.2 Å². The molecule has 2 heterocycles. The lowest BCUT2D eigenvalue weighted by Crippen LogP contribution is -2.00. The fraction of sp³-hybridized carbons (Fsp3) is 0.0769. The standard InChI is InChI=1S/C13H11N3O2/c17-12(18)5-8-6-15-16-13(8)10-7-14-11-4-2-1-3-9(10)11/h1-4,6-7,14H,5H2,(H,15,16)(H,17,18). The van der Waals surface area contributed by atoms with Gasteiger partial charge in [-0.15, -0.1) is 0 Å². The molecule has 0 radical (unpaired) electrons. The summed E-state index contributed by atoms with van der Waals surface area (Å²) in [4.78, 5) is 14.0. The van der Waals surface area contributed by atoms with Crippen molar-refractivity contribution >= 4 is 16.9 Å². The minimum Gasteiger partial charge on any atom is -0.481 e. The van der Waals surface area contributed by atoms with Crippen LogP contribution < -0.4 is 0 Å². The smallest absolute Gasteiger partial charge is 0.307 e. The Balaban J connectivity index is 2.15. The second-order valence-corrected chi connectivity index (χ2v) is 4.09. The molecule has 5 nitrogen and oxygen atoms in total. The molecule has 0 aliphatic heterocycles. The molecular weight excluding hydrogens is 230 g/mol. The average molecular weight is 241 g/mol. The number of carbonyl (C=O) groups is 1. The minimum absolute atomic E-state index is 0.0364. The van der Waals surface area contributed by atoms with E-state index in [0.29, 0.717) is 5.56 Å². The number of H-pyrrole nitrogens is 2. The Bertz CT molecular complexity index is 712. The van der Waals surface area contributed by atoms with E-state index in [9.17, 15) is 4.79 Å². The third-order valence-corrected chi connectivity index (χ3v) is 2.92. The number of nitrogens with zero attached hydrogens (tertiary/aromatic N) is 1. The molecule has 0 aliphatic carbocycles. The van der Waals surface area contributed by atoms with Gasteiger partial charge < -0.3 is 10.1 Å². The number of carboxylic acids is 1. The van der Waals surface area contributed by atoms with Gasteiger partial charge in [0.2, 0.25) is 0 Å². The van der Waals surface area contributed by atoms with Crippen LogP contribution in [0.15, 0.2) is 36.7 Å². The fourth-order valence-corrected chi connectivity index (χ4v) is 2.12. The number of para-hydroxylation sites is 1.